The van der Waals surface area contributed by atoms with Crippen LogP contribution in [-0.4, -0.2) is 29.7 Å². The molecule has 3 N–H and O–H groups in total. The summed E-state index contributed by atoms with van der Waals surface area (Å²) in [6, 6.07) is 5.01. The molecule has 1 aliphatic rings. The van der Waals surface area contributed by atoms with Crippen molar-refractivity contribution in [2.45, 2.75) is 38.3 Å². The van der Waals surface area contributed by atoms with Gasteiger partial charge in [0.15, 0.2) is 11.5 Å². The van der Waals surface area contributed by atoms with E-state index in [0.29, 0.717) is 11.5 Å². The number of imidazole rings is 1. The van der Waals surface area contributed by atoms with Crippen LogP contribution in [-0.2, 0) is 17.8 Å². The number of rotatable bonds is 6. The summed E-state index contributed by atoms with van der Waals surface area (Å²) in [5, 5.41) is 2.93. The van der Waals surface area contributed by atoms with E-state index in [1.54, 1.807) is 32.5 Å². The van der Waals surface area contributed by atoms with Crippen molar-refractivity contribution in [3.63, 3.8) is 0 Å². The van der Waals surface area contributed by atoms with Gasteiger partial charge >= 0.3 is 0 Å². The molecule has 7 nitrogen and oxygen atoms in total. The maximum atomic E-state index is 12.4. The van der Waals surface area contributed by atoms with Gasteiger partial charge in [-0.25, -0.2) is 4.98 Å². The minimum Gasteiger partial charge on any atom is -0.493 e. The Bertz CT molecular complexity index is 757. The van der Waals surface area contributed by atoms with Crippen LogP contribution in [0.5, 0.6) is 11.5 Å². The van der Waals surface area contributed by atoms with E-state index in [1.165, 1.54) is 0 Å². The van der Waals surface area contributed by atoms with Gasteiger partial charge in [-0.2, -0.15) is 0 Å². The number of hydrogen-bond acceptors (Lipinski definition) is 5. The van der Waals surface area contributed by atoms with Crippen LogP contribution in [0.4, 0.5) is 5.82 Å². The zero-order chi connectivity index (χ0) is 17.8. The van der Waals surface area contributed by atoms with Crippen molar-refractivity contribution in [2.24, 2.45) is 5.73 Å². The number of nitrogens with zero attached hydrogens (tertiary/aromatic N) is 2. The van der Waals surface area contributed by atoms with Crippen LogP contribution in [0.1, 0.15) is 36.7 Å². The van der Waals surface area contributed by atoms with Crippen LogP contribution >= 0.6 is 0 Å². The highest BCUT2D eigenvalue weighted by Crippen LogP contribution is 2.30. The third kappa shape index (κ3) is 3.76. The Balaban J connectivity index is 1.65. The monoisotopic (exact) mass is 344 g/mol. The Morgan fingerprint density at radius 1 is 1.32 bits per heavy atom. The van der Waals surface area contributed by atoms with Crippen LogP contribution in [0.3, 0.4) is 0 Å². The summed E-state index contributed by atoms with van der Waals surface area (Å²) in [5.74, 6) is 2.88. The number of nitrogens with two attached hydrogens (primary N) is 1. The van der Waals surface area contributed by atoms with E-state index in [-0.39, 0.29) is 12.3 Å². The molecule has 1 aromatic heterocycles. The molecule has 1 amide bonds. The summed E-state index contributed by atoms with van der Waals surface area (Å²) in [6.45, 7) is 0.896. The van der Waals surface area contributed by atoms with Gasteiger partial charge in [0.25, 0.3) is 0 Å². The highest BCUT2D eigenvalue weighted by Gasteiger charge is 2.18. The summed E-state index contributed by atoms with van der Waals surface area (Å²) in [5.41, 5.74) is 7.02. The first-order chi connectivity index (χ1) is 12.1. The van der Waals surface area contributed by atoms with Gasteiger partial charge in [0.1, 0.15) is 11.6 Å². The molecular formula is C18H24N4O3. The van der Waals surface area contributed by atoms with Crippen LogP contribution in [0.15, 0.2) is 24.4 Å². The molecule has 3 rings (SSSR count). The number of aromatic nitrogens is 2. The lowest BCUT2D eigenvalue weighted by atomic mass is 10.0. The zero-order valence-electron chi connectivity index (χ0n) is 14.6. The standard InChI is InChI=1S/C18H24N4O3/c1-24-14-7-6-12(9-15(14)25-2)13(19)10-18(23)21-17-11-20-16-5-3-4-8-22(16)17/h6-7,9,11,13H,3-5,8,10,19H2,1-2H3,(H,21,23)/t13-/m1/s1. The molecule has 0 spiro atoms. The summed E-state index contributed by atoms with van der Waals surface area (Å²) in [6.07, 6.45) is 5.11. The van der Waals surface area contributed by atoms with Gasteiger partial charge in [-0.15, -0.1) is 0 Å². The van der Waals surface area contributed by atoms with Crippen LogP contribution in [0.25, 0.3) is 0 Å². The second-order valence-corrected chi connectivity index (χ2v) is 6.14. The average Bonchev–Trinajstić information content (AvgIpc) is 3.04. The number of carbonyl (C=O) groups is 1. The normalized spacial score (nSPS) is 14.5. The lowest BCUT2D eigenvalue weighted by Crippen LogP contribution is -2.22. The first kappa shape index (κ1) is 17.3. The molecule has 0 bridgehead atoms. The predicted octanol–water partition coefficient (Wildman–Crippen LogP) is 2.27. The van der Waals surface area contributed by atoms with Crippen LogP contribution in [0.2, 0.25) is 0 Å². The Labute approximate surface area is 147 Å². The Morgan fingerprint density at radius 3 is 2.88 bits per heavy atom. The molecule has 1 atom stereocenters. The average molecular weight is 344 g/mol. The number of amides is 1. The number of aryl methyl sites for hydroxylation is 1. The number of methoxy groups -OCH3 is 2. The third-order valence-electron chi connectivity index (χ3n) is 4.48. The number of anilines is 1. The molecule has 0 fully saturated rings. The smallest absolute Gasteiger partial charge is 0.227 e. The van der Waals surface area contributed by atoms with Gasteiger partial charge in [-0.05, 0) is 30.5 Å². The molecule has 0 radical (unpaired) electrons. The zero-order valence-corrected chi connectivity index (χ0v) is 14.6. The molecule has 2 heterocycles. The number of benzene rings is 1. The van der Waals surface area contributed by atoms with Crippen molar-refractivity contribution >= 4 is 11.7 Å². The van der Waals surface area contributed by atoms with Crippen LogP contribution in [0, 0.1) is 0 Å². The first-order valence-corrected chi connectivity index (χ1v) is 8.44. The summed E-state index contributed by atoms with van der Waals surface area (Å²) in [7, 11) is 3.15. The molecule has 0 unspecified atom stereocenters. The van der Waals surface area contributed by atoms with E-state index in [0.717, 1.165) is 43.0 Å². The second-order valence-electron chi connectivity index (χ2n) is 6.14. The van der Waals surface area contributed by atoms with E-state index in [2.05, 4.69) is 14.9 Å². The maximum Gasteiger partial charge on any atom is 0.227 e. The largest absolute Gasteiger partial charge is 0.493 e. The van der Waals surface area contributed by atoms with Crippen LogP contribution < -0.4 is 20.5 Å². The van der Waals surface area contributed by atoms with Gasteiger partial charge in [-0.3, -0.25) is 4.79 Å². The third-order valence-corrected chi connectivity index (χ3v) is 4.48. The predicted molar refractivity (Wildman–Crippen MR) is 94.9 cm³/mol. The number of ether oxygens (including phenoxy) is 2. The van der Waals surface area contributed by atoms with E-state index < -0.39 is 6.04 Å². The van der Waals surface area contributed by atoms with Crippen molar-refractivity contribution in [1.82, 2.24) is 9.55 Å². The van der Waals surface area contributed by atoms with Gasteiger partial charge in [0.2, 0.25) is 5.91 Å². The van der Waals surface area contributed by atoms with E-state index >= 15 is 0 Å². The molecule has 134 valence electrons. The number of fused-ring (bicyclic) bond motifs is 1. The first-order valence-electron chi connectivity index (χ1n) is 8.44. The minimum atomic E-state index is -0.427. The number of carbonyl (C=O) groups excluding carboxylic acids is 1. The topological polar surface area (TPSA) is 91.4 Å². The Hall–Kier alpha value is -2.54. The fraction of sp³-hybridized carbons (Fsp3) is 0.444. The van der Waals surface area contributed by atoms with Gasteiger partial charge in [0.05, 0.1) is 20.4 Å². The fourth-order valence-corrected chi connectivity index (χ4v) is 3.11. The highest BCUT2D eigenvalue weighted by atomic mass is 16.5. The molecule has 1 aromatic carbocycles. The number of nitrogens with one attached hydrogen (secondary N) is 1. The quantitative estimate of drug-likeness (QED) is 0.839. The Kier molecular flexibility index (Phi) is 5.23. The van der Waals surface area contributed by atoms with Gasteiger partial charge in [0, 0.05) is 25.4 Å². The number of hydrogen-bond donors (Lipinski definition) is 2. The highest BCUT2D eigenvalue weighted by molar-refractivity contribution is 5.90. The Morgan fingerprint density at radius 2 is 2.12 bits per heavy atom. The maximum absolute atomic E-state index is 12.4. The van der Waals surface area contributed by atoms with Crippen molar-refractivity contribution in [3.05, 3.63) is 35.8 Å². The van der Waals surface area contributed by atoms with E-state index in [4.69, 9.17) is 15.2 Å². The molecule has 0 saturated carbocycles. The summed E-state index contributed by atoms with van der Waals surface area (Å²) in [4.78, 5) is 16.7. The molecule has 2 aromatic rings. The lowest BCUT2D eigenvalue weighted by Gasteiger charge is -2.18. The van der Waals surface area contributed by atoms with Gasteiger partial charge < -0.3 is 25.1 Å². The van der Waals surface area contributed by atoms with Crippen molar-refractivity contribution in [1.29, 1.82) is 0 Å². The minimum absolute atomic E-state index is 0.129. The fourth-order valence-electron chi connectivity index (χ4n) is 3.11. The summed E-state index contributed by atoms with van der Waals surface area (Å²) < 4.78 is 12.6. The molecule has 0 aliphatic carbocycles. The van der Waals surface area contributed by atoms with Crippen molar-refractivity contribution < 1.29 is 14.3 Å². The van der Waals surface area contributed by atoms with E-state index in [1.807, 2.05) is 6.07 Å². The van der Waals surface area contributed by atoms with Crippen molar-refractivity contribution in [3.8, 4) is 11.5 Å². The molecule has 7 heteroatoms. The molecule has 1 aliphatic heterocycles. The van der Waals surface area contributed by atoms with Gasteiger partial charge in [-0.1, -0.05) is 6.07 Å². The molecule has 0 saturated heterocycles. The van der Waals surface area contributed by atoms with E-state index in [9.17, 15) is 4.79 Å². The second kappa shape index (κ2) is 7.57. The molecular weight excluding hydrogens is 320 g/mol. The molecule has 25 heavy (non-hydrogen) atoms. The van der Waals surface area contributed by atoms with Crippen molar-refractivity contribution in [2.75, 3.05) is 19.5 Å². The lowest BCUT2D eigenvalue weighted by molar-refractivity contribution is -0.116. The summed E-state index contributed by atoms with van der Waals surface area (Å²) >= 11 is 0. The SMILES string of the molecule is COc1ccc([C@H](N)CC(=O)Nc2cnc3n2CCCC3)cc1OC.